The predicted octanol–water partition coefficient (Wildman–Crippen LogP) is 2.96. The number of benzene rings is 2. The highest BCUT2D eigenvalue weighted by atomic mass is 19.1. The average Bonchev–Trinajstić information content (AvgIpc) is 2.95. The van der Waals surface area contributed by atoms with Crippen molar-refractivity contribution in [1.29, 1.82) is 0 Å². The Labute approximate surface area is 139 Å². The largest absolute Gasteiger partial charge is 0.494 e. The van der Waals surface area contributed by atoms with Gasteiger partial charge in [0.25, 0.3) is 5.91 Å². The van der Waals surface area contributed by atoms with Crippen LogP contribution < -0.4 is 10.1 Å². The van der Waals surface area contributed by atoms with E-state index in [2.05, 4.69) is 10.3 Å². The first-order valence-corrected chi connectivity index (χ1v) is 7.52. The Kier molecular flexibility index (Phi) is 4.20. The molecular formula is C18H18FN3O2. The van der Waals surface area contributed by atoms with Crippen molar-refractivity contribution in [3.63, 3.8) is 0 Å². The molecule has 1 amide bonds. The van der Waals surface area contributed by atoms with Crippen molar-refractivity contribution in [3.05, 3.63) is 59.2 Å². The predicted molar refractivity (Wildman–Crippen MR) is 89.6 cm³/mol. The zero-order valence-corrected chi connectivity index (χ0v) is 13.8. The lowest BCUT2D eigenvalue weighted by atomic mass is 10.1. The molecule has 3 rings (SSSR count). The number of carbonyl (C=O) groups excluding carboxylic acids is 1. The lowest BCUT2D eigenvalue weighted by Gasteiger charge is -2.11. The Balaban J connectivity index is 1.83. The van der Waals surface area contributed by atoms with Crippen LogP contribution in [0.2, 0.25) is 0 Å². The zero-order valence-electron chi connectivity index (χ0n) is 13.8. The maximum absolute atomic E-state index is 13.7. The topological polar surface area (TPSA) is 56.1 Å². The van der Waals surface area contributed by atoms with Crippen molar-refractivity contribution < 1.29 is 13.9 Å². The van der Waals surface area contributed by atoms with Gasteiger partial charge in [0.05, 0.1) is 24.5 Å². The fraction of sp³-hybridized carbons (Fsp3) is 0.222. The molecule has 0 bridgehead atoms. The van der Waals surface area contributed by atoms with Crippen LogP contribution >= 0.6 is 0 Å². The molecule has 0 unspecified atom stereocenters. The van der Waals surface area contributed by atoms with Crippen molar-refractivity contribution >= 4 is 16.9 Å². The monoisotopic (exact) mass is 327 g/mol. The van der Waals surface area contributed by atoms with E-state index in [1.807, 2.05) is 30.7 Å². The van der Waals surface area contributed by atoms with Crippen LogP contribution in [0.25, 0.3) is 11.0 Å². The molecule has 0 fully saturated rings. The molecule has 0 aliphatic carbocycles. The molecule has 124 valence electrons. The van der Waals surface area contributed by atoms with Crippen LogP contribution in [0.3, 0.4) is 0 Å². The highest BCUT2D eigenvalue weighted by Gasteiger charge is 2.13. The Morgan fingerprint density at radius 1 is 1.33 bits per heavy atom. The highest BCUT2D eigenvalue weighted by molar-refractivity contribution is 5.94. The van der Waals surface area contributed by atoms with Crippen LogP contribution in [-0.2, 0) is 13.6 Å². The number of aromatic nitrogens is 2. The van der Waals surface area contributed by atoms with Crippen LogP contribution in [0.15, 0.2) is 36.7 Å². The van der Waals surface area contributed by atoms with Gasteiger partial charge in [0.1, 0.15) is 0 Å². The minimum Gasteiger partial charge on any atom is -0.494 e. The van der Waals surface area contributed by atoms with Crippen molar-refractivity contribution in [2.45, 2.75) is 13.5 Å². The standard InChI is InChI=1S/C18H18FN3O2/c1-11-4-6-15-17(22(2)10-21-15)13(11)9-20-18(23)12-5-7-16(24-3)14(19)8-12/h4-8,10H,9H2,1-3H3,(H,20,23). The smallest absolute Gasteiger partial charge is 0.251 e. The lowest BCUT2D eigenvalue weighted by Crippen LogP contribution is -2.23. The van der Waals surface area contributed by atoms with Crippen molar-refractivity contribution in [2.24, 2.45) is 7.05 Å². The van der Waals surface area contributed by atoms with Crippen LogP contribution in [0.4, 0.5) is 4.39 Å². The van der Waals surface area contributed by atoms with E-state index in [0.717, 1.165) is 22.2 Å². The minimum atomic E-state index is -0.560. The number of aryl methyl sites for hydroxylation is 2. The van der Waals surface area contributed by atoms with Gasteiger partial charge in [-0.2, -0.15) is 0 Å². The molecule has 1 aromatic heterocycles. The molecule has 6 heteroatoms. The summed E-state index contributed by atoms with van der Waals surface area (Å²) in [7, 11) is 3.30. The normalized spacial score (nSPS) is 10.8. The van der Waals surface area contributed by atoms with Gasteiger partial charge in [-0.05, 0) is 36.8 Å². The van der Waals surface area contributed by atoms with Gasteiger partial charge in [-0.15, -0.1) is 0 Å². The number of amides is 1. The van der Waals surface area contributed by atoms with Crippen molar-refractivity contribution in [1.82, 2.24) is 14.9 Å². The minimum absolute atomic E-state index is 0.113. The summed E-state index contributed by atoms with van der Waals surface area (Å²) >= 11 is 0. The summed E-state index contributed by atoms with van der Waals surface area (Å²) in [4.78, 5) is 16.6. The van der Waals surface area contributed by atoms with Gasteiger partial charge in [0, 0.05) is 24.7 Å². The first-order valence-electron chi connectivity index (χ1n) is 7.52. The fourth-order valence-electron chi connectivity index (χ4n) is 2.73. The molecule has 0 saturated carbocycles. The first kappa shape index (κ1) is 16.0. The molecule has 0 spiro atoms. The number of carbonyl (C=O) groups is 1. The van der Waals surface area contributed by atoms with Gasteiger partial charge in [0.2, 0.25) is 0 Å². The molecule has 5 nitrogen and oxygen atoms in total. The number of fused-ring (bicyclic) bond motifs is 1. The van der Waals surface area contributed by atoms with E-state index in [-0.39, 0.29) is 17.2 Å². The Hall–Kier alpha value is -2.89. The Morgan fingerprint density at radius 2 is 2.12 bits per heavy atom. The number of hydrogen-bond acceptors (Lipinski definition) is 3. The van der Waals surface area contributed by atoms with E-state index in [1.54, 1.807) is 6.33 Å². The van der Waals surface area contributed by atoms with Gasteiger partial charge in [-0.1, -0.05) is 6.07 Å². The van der Waals surface area contributed by atoms with E-state index >= 15 is 0 Å². The zero-order chi connectivity index (χ0) is 17.3. The maximum atomic E-state index is 13.7. The van der Waals surface area contributed by atoms with Gasteiger partial charge in [-0.3, -0.25) is 4.79 Å². The second-order valence-corrected chi connectivity index (χ2v) is 5.62. The van der Waals surface area contributed by atoms with E-state index in [4.69, 9.17) is 4.74 Å². The number of hydrogen-bond donors (Lipinski definition) is 1. The van der Waals surface area contributed by atoms with Crippen LogP contribution in [0.5, 0.6) is 5.75 Å². The molecule has 3 aromatic rings. The number of ether oxygens (including phenoxy) is 1. The summed E-state index contributed by atoms with van der Waals surface area (Å²) in [5.74, 6) is -0.785. The van der Waals surface area contributed by atoms with Gasteiger partial charge in [0.15, 0.2) is 11.6 Å². The van der Waals surface area contributed by atoms with Crippen molar-refractivity contribution in [2.75, 3.05) is 7.11 Å². The number of nitrogens with one attached hydrogen (secondary N) is 1. The molecule has 2 aromatic carbocycles. The van der Waals surface area contributed by atoms with Gasteiger partial charge in [-0.25, -0.2) is 9.37 Å². The number of methoxy groups -OCH3 is 1. The summed E-state index contributed by atoms with van der Waals surface area (Å²) in [5, 5.41) is 2.84. The number of rotatable bonds is 4. The summed E-state index contributed by atoms with van der Waals surface area (Å²) in [6.07, 6.45) is 1.74. The maximum Gasteiger partial charge on any atom is 0.251 e. The molecule has 24 heavy (non-hydrogen) atoms. The summed E-state index contributed by atoms with van der Waals surface area (Å²) in [6, 6.07) is 8.08. The molecule has 0 atom stereocenters. The summed E-state index contributed by atoms with van der Waals surface area (Å²) in [6.45, 7) is 2.33. The molecule has 0 radical (unpaired) electrons. The lowest BCUT2D eigenvalue weighted by molar-refractivity contribution is 0.0950. The first-order chi connectivity index (χ1) is 11.5. The molecule has 1 heterocycles. The molecule has 1 N–H and O–H groups in total. The van der Waals surface area contributed by atoms with E-state index in [1.165, 1.54) is 25.3 Å². The summed E-state index contributed by atoms with van der Waals surface area (Å²) in [5.41, 5.74) is 4.17. The third-order valence-electron chi connectivity index (χ3n) is 4.06. The van der Waals surface area contributed by atoms with Gasteiger partial charge < -0.3 is 14.6 Å². The van der Waals surface area contributed by atoms with Crippen molar-refractivity contribution in [3.8, 4) is 5.75 Å². The van der Waals surface area contributed by atoms with Crippen LogP contribution in [0, 0.1) is 12.7 Å². The number of imidazole rings is 1. The quantitative estimate of drug-likeness (QED) is 0.801. The fourth-order valence-corrected chi connectivity index (χ4v) is 2.73. The molecule has 0 aliphatic rings. The molecule has 0 aliphatic heterocycles. The number of halogens is 1. The third-order valence-corrected chi connectivity index (χ3v) is 4.06. The van der Waals surface area contributed by atoms with E-state index < -0.39 is 5.82 Å². The Bertz CT molecular complexity index is 918. The Morgan fingerprint density at radius 3 is 2.83 bits per heavy atom. The molecular weight excluding hydrogens is 309 g/mol. The SMILES string of the molecule is COc1ccc(C(=O)NCc2c(C)ccc3ncn(C)c23)cc1F. The van der Waals surface area contributed by atoms with E-state index in [0.29, 0.717) is 6.54 Å². The third kappa shape index (κ3) is 2.82. The van der Waals surface area contributed by atoms with Crippen LogP contribution in [-0.4, -0.2) is 22.6 Å². The van der Waals surface area contributed by atoms with E-state index in [9.17, 15) is 9.18 Å². The van der Waals surface area contributed by atoms with Gasteiger partial charge >= 0.3 is 0 Å². The second kappa shape index (κ2) is 6.31. The molecule has 0 saturated heterocycles. The highest BCUT2D eigenvalue weighted by Crippen LogP contribution is 2.21. The summed E-state index contributed by atoms with van der Waals surface area (Å²) < 4.78 is 20.5. The average molecular weight is 327 g/mol. The van der Waals surface area contributed by atoms with Crippen LogP contribution in [0.1, 0.15) is 21.5 Å². The number of nitrogens with zero attached hydrogens (tertiary/aromatic N) is 2. The second-order valence-electron chi connectivity index (χ2n) is 5.62.